The van der Waals surface area contributed by atoms with Crippen LogP contribution in [-0.4, -0.2) is 27.8 Å². The monoisotopic (exact) mass is 321 g/mol. The zero-order valence-electron chi connectivity index (χ0n) is 15.1. The Morgan fingerprint density at radius 1 is 1.30 bits per heavy atom. The molecule has 0 aromatic carbocycles. The molecule has 5 heteroatoms. The Hall–Kier alpha value is -1.52. The summed E-state index contributed by atoms with van der Waals surface area (Å²) in [6, 6.07) is 0.535. The van der Waals surface area contributed by atoms with Crippen molar-refractivity contribution in [2.45, 2.75) is 71.9 Å². The number of aromatic nitrogens is 2. The smallest absolute Gasteiger partial charge is 0.407 e. The highest BCUT2D eigenvalue weighted by Gasteiger charge is 2.26. The first-order valence-electron chi connectivity index (χ1n) is 8.72. The van der Waals surface area contributed by atoms with E-state index in [1.807, 2.05) is 33.3 Å². The van der Waals surface area contributed by atoms with Gasteiger partial charge < -0.3 is 14.6 Å². The molecule has 1 aromatic rings. The maximum Gasteiger partial charge on any atom is 0.407 e. The SMILES string of the molecule is CC1CC(C)CC(n2cncc2CCNC(=O)OC(C)(C)C)C1. The summed E-state index contributed by atoms with van der Waals surface area (Å²) in [5, 5.41) is 2.82. The molecule has 130 valence electrons. The summed E-state index contributed by atoms with van der Waals surface area (Å²) in [6.07, 6.45) is 8.03. The molecule has 0 aliphatic heterocycles. The van der Waals surface area contributed by atoms with Crippen molar-refractivity contribution in [3.63, 3.8) is 0 Å². The zero-order chi connectivity index (χ0) is 17.0. The fraction of sp³-hybridized carbons (Fsp3) is 0.778. The highest BCUT2D eigenvalue weighted by molar-refractivity contribution is 5.67. The van der Waals surface area contributed by atoms with Crippen LogP contribution in [-0.2, 0) is 11.2 Å². The molecule has 1 heterocycles. The number of nitrogens with one attached hydrogen (secondary N) is 1. The molecule has 0 radical (unpaired) electrons. The number of hydrogen-bond acceptors (Lipinski definition) is 3. The second-order valence-corrected chi connectivity index (χ2v) is 8.04. The second-order valence-electron chi connectivity index (χ2n) is 8.04. The van der Waals surface area contributed by atoms with Gasteiger partial charge in [0, 0.05) is 30.9 Å². The molecule has 1 N–H and O–H groups in total. The number of carbonyl (C=O) groups is 1. The Morgan fingerprint density at radius 3 is 2.57 bits per heavy atom. The minimum Gasteiger partial charge on any atom is -0.444 e. The third kappa shape index (κ3) is 5.56. The highest BCUT2D eigenvalue weighted by Crippen LogP contribution is 2.36. The van der Waals surface area contributed by atoms with Gasteiger partial charge in [-0.3, -0.25) is 0 Å². The normalized spacial score (nSPS) is 25.2. The third-order valence-electron chi connectivity index (χ3n) is 4.34. The average molecular weight is 321 g/mol. The third-order valence-corrected chi connectivity index (χ3v) is 4.34. The van der Waals surface area contributed by atoms with Gasteiger partial charge in [0.2, 0.25) is 0 Å². The van der Waals surface area contributed by atoms with Crippen LogP contribution in [0.1, 0.15) is 65.6 Å². The van der Waals surface area contributed by atoms with Gasteiger partial charge in [-0.05, 0) is 51.9 Å². The molecule has 1 saturated carbocycles. The number of ether oxygens (including phenoxy) is 1. The van der Waals surface area contributed by atoms with Gasteiger partial charge >= 0.3 is 6.09 Å². The molecule has 1 aliphatic carbocycles. The van der Waals surface area contributed by atoms with Gasteiger partial charge in [-0.25, -0.2) is 9.78 Å². The van der Waals surface area contributed by atoms with Crippen molar-refractivity contribution < 1.29 is 9.53 Å². The van der Waals surface area contributed by atoms with Crippen LogP contribution in [0.25, 0.3) is 0 Å². The lowest BCUT2D eigenvalue weighted by Gasteiger charge is -2.33. The highest BCUT2D eigenvalue weighted by atomic mass is 16.6. The van der Waals surface area contributed by atoms with E-state index in [1.165, 1.54) is 25.0 Å². The summed E-state index contributed by atoms with van der Waals surface area (Å²) in [5.74, 6) is 1.53. The maximum absolute atomic E-state index is 11.7. The van der Waals surface area contributed by atoms with E-state index in [0.29, 0.717) is 12.6 Å². The Bertz CT molecular complexity index is 509. The lowest BCUT2D eigenvalue weighted by Crippen LogP contribution is -2.34. The standard InChI is InChI=1S/C18H31N3O2/c1-13-8-14(2)10-16(9-13)21-12-19-11-15(21)6-7-20-17(22)23-18(3,4)5/h11-14,16H,6-10H2,1-5H3,(H,20,22). The Balaban J connectivity index is 1.88. The molecule has 1 fully saturated rings. The topological polar surface area (TPSA) is 56.2 Å². The molecule has 0 spiro atoms. The van der Waals surface area contributed by atoms with E-state index < -0.39 is 5.60 Å². The summed E-state index contributed by atoms with van der Waals surface area (Å²) in [7, 11) is 0. The van der Waals surface area contributed by atoms with Crippen molar-refractivity contribution >= 4 is 6.09 Å². The molecule has 2 rings (SSSR count). The zero-order valence-corrected chi connectivity index (χ0v) is 15.1. The quantitative estimate of drug-likeness (QED) is 0.913. The lowest BCUT2D eigenvalue weighted by atomic mass is 9.80. The van der Waals surface area contributed by atoms with Crippen LogP contribution in [0, 0.1) is 11.8 Å². The minimum absolute atomic E-state index is 0.358. The molecule has 0 saturated heterocycles. The van der Waals surface area contributed by atoms with E-state index >= 15 is 0 Å². The van der Waals surface area contributed by atoms with Crippen molar-refractivity contribution in [1.82, 2.24) is 14.9 Å². The van der Waals surface area contributed by atoms with E-state index in [1.54, 1.807) is 0 Å². The first-order valence-corrected chi connectivity index (χ1v) is 8.72. The number of imidazole rings is 1. The minimum atomic E-state index is -0.458. The molecule has 1 amide bonds. The van der Waals surface area contributed by atoms with Gasteiger partial charge in [0.25, 0.3) is 0 Å². The van der Waals surface area contributed by atoms with Crippen LogP contribution in [0.4, 0.5) is 4.79 Å². The van der Waals surface area contributed by atoms with Crippen LogP contribution in [0.5, 0.6) is 0 Å². The van der Waals surface area contributed by atoms with Crippen LogP contribution in [0.15, 0.2) is 12.5 Å². The van der Waals surface area contributed by atoms with E-state index in [4.69, 9.17) is 4.74 Å². The average Bonchev–Trinajstić information content (AvgIpc) is 2.83. The van der Waals surface area contributed by atoms with Crippen LogP contribution in [0.3, 0.4) is 0 Å². The fourth-order valence-electron chi connectivity index (χ4n) is 3.59. The van der Waals surface area contributed by atoms with Gasteiger partial charge in [-0.15, -0.1) is 0 Å². The number of carbonyl (C=O) groups excluding carboxylic acids is 1. The molecule has 2 unspecified atom stereocenters. The first-order chi connectivity index (χ1) is 10.7. The molecule has 1 aliphatic rings. The summed E-state index contributed by atoms with van der Waals surface area (Å²) < 4.78 is 7.57. The van der Waals surface area contributed by atoms with Gasteiger partial charge in [0.15, 0.2) is 0 Å². The van der Waals surface area contributed by atoms with E-state index in [2.05, 4.69) is 28.7 Å². The predicted octanol–water partition coefficient (Wildman–Crippen LogP) is 3.95. The first kappa shape index (κ1) is 17.8. The molecule has 5 nitrogen and oxygen atoms in total. The summed E-state index contributed by atoms with van der Waals surface area (Å²) in [6.45, 7) is 10.8. The second kappa shape index (κ2) is 7.37. The number of amides is 1. The van der Waals surface area contributed by atoms with Crippen LogP contribution < -0.4 is 5.32 Å². The maximum atomic E-state index is 11.7. The van der Waals surface area contributed by atoms with Gasteiger partial charge in [0.05, 0.1) is 6.33 Å². The lowest BCUT2D eigenvalue weighted by molar-refractivity contribution is 0.0528. The van der Waals surface area contributed by atoms with Gasteiger partial charge in [-0.2, -0.15) is 0 Å². The van der Waals surface area contributed by atoms with E-state index in [-0.39, 0.29) is 6.09 Å². The van der Waals surface area contributed by atoms with E-state index in [0.717, 1.165) is 18.3 Å². The van der Waals surface area contributed by atoms with Crippen molar-refractivity contribution in [2.75, 3.05) is 6.54 Å². The molecular weight excluding hydrogens is 290 g/mol. The van der Waals surface area contributed by atoms with Crippen LogP contribution in [0.2, 0.25) is 0 Å². The van der Waals surface area contributed by atoms with Crippen molar-refractivity contribution in [2.24, 2.45) is 11.8 Å². The number of nitrogens with zero attached hydrogens (tertiary/aromatic N) is 2. The van der Waals surface area contributed by atoms with Crippen molar-refractivity contribution in [3.8, 4) is 0 Å². The number of rotatable bonds is 4. The molecule has 23 heavy (non-hydrogen) atoms. The molecule has 2 atom stereocenters. The van der Waals surface area contributed by atoms with Crippen LogP contribution >= 0.6 is 0 Å². The number of hydrogen-bond donors (Lipinski definition) is 1. The van der Waals surface area contributed by atoms with Gasteiger partial charge in [-0.1, -0.05) is 13.8 Å². The predicted molar refractivity (Wildman–Crippen MR) is 91.4 cm³/mol. The number of alkyl carbamates (subject to hydrolysis) is 1. The summed E-state index contributed by atoms with van der Waals surface area (Å²) in [4.78, 5) is 16.0. The largest absolute Gasteiger partial charge is 0.444 e. The summed E-state index contributed by atoms with van der Waals surface area (Å²) in [5.41, 5.74) is 0.729. The molecule has 0 bridgehead atoms. The fourth-order valence-corrected chi connectivity index (χ4v) is 3.59. The molecule has 1 aromatic heterocycles. The Morgan fingerprint density at radius 2 is 1.96 bits per heavy atom. The van der Waals surface area contributed by atoms with Crippen molar-refractivity contribution in [1.29, 1.82) is 0 Å². The van der Waals surface area contributed by atoms with Gasteiger partial charge in [0.1, 0.15) is 5.60 Å². The van der Waals surface area contributed by atoms with E-state index in [9.17, 15) is 4.79 Å². The summed E-state index contributed by atoms with van der Waals surface area (Å²) >= 11 is 0. The molecular formula is C18H31N3O2. The Kier molecular flexibility index (Phi) is 5.71. The van der Waals surface area contributed by atoms with Crippen molar-refractivity contribution in [3.05, 3.63) is 18.2 Å². The Labute approximate surface area is 139 Å².